The molecular weight excluding hydrogens is 244 g/mol. The summed E-state index contributed by atoms with van der Waals surface area (Å²) in [5.41, 5.74) is 1.32. The van der Waals surface area contributed by atoms with Crippen LogP contribution in [0, 0.1) is 0 Å². The second-order valence-electron chi connectivity index (χ2n) is 5.94. The monoisotopic (exact) mass is 268 g/mol. The summed E-state index contributed by atoms with van der Waals surface area (Å²) in [6, 6.07) is 9.22. The summed E-state index contributed by atoms with van der Waals surface area (Å²) in [6.07, 6.45) is 13.6. The lowest BCUT2D eigenvalue weighted by atomic mass is 9.96. The molecule has 1 aliphatic carbocycles. The van der Waals surface area contributed by atoms with Crippen LogP contribution in [-0.2, 0) is 6.54 Å². The van der Waals surface area contributed by atoms with Gasteiger partial charge in [-0.1, -0.05) is 56.4 Å². The Kier molecular flexibility index (Phi) is 4.65. The van der Waals surface area contributed by atoms with Gasteiger partial charge in [0.2, 0.25) is 0 Å². The van der Waals surface area contributed by atoms with E-state index in [0.717, 1.165) is 6.54 Å². The van der Waals surface area contributed by atoms with Crippen molar-refractivity contribution in [3.05, 3.63) is 42.2 Å². The third-order valence-electron chi connectivity index (χ3n) is 4.44. The molecule has 1 heterocycles. The van der Waals surface area contributed by atoms with Gasteiger partial charge in [0.15, 0.2) is 0 Å². The smallest absolute Gasteiger partial charge is 0.0346 e. The Labute approximate surface area is 121 Å². The lowest BCUT2D eigenvalue weighted by Crippen LogP contribution is -2.29. The minimum absolute atomic E-state index is 0.689. The lowest BCUT2D eigenvalue weighted by molar-refractivity contribution is 0.389. The van der Waals surface area contributed by atoms with Gasteiger partial charge in [0, 0.05) is 30.4 Å². The minimum atomic E-state index is 0.689. The largest absolute Gasteiger partial charge is 0.310 e. The predicted molar refractivity (Wildman–Crippen MR) is 84.7 cm³/mol. The number of nitrogens with one attached hydrogen (secondary N) is 1. The van der Waals surface area contributed by atoms with E-state index in [-0.39, 0.29) is 0 Å². The highest BCUT2D eigenvalue weighted by Crippen LogP contribution is 2.20. The molecule has 0 radical (unpaired) electrons. The van der Waals surface area contributed by atoms with Crippen LogP contribution >= 0.6 is 0 Å². The number of benzene rings is 1. The molecule has 106 valence electrons. The second-order valence-corrected chi connectivity index (χ2v) is 5.94. The van der Waals surface area contributed by atoms with Gasteiger partial charge in [0.25, 0.3) is 0 Å². The summed E-state index contributed by atoms with van der Waals surface area (Å²) in [6.45, 7) is 0.943. The Balaban J connectivity index is 1.67. The molecule has 0 spiro atoms. The molecule has 1 aromatic carbocycles. The molecule has 1 saturated carbocycles. The van der Waals surface area contributed by atoms with E-state index in [1.807, 2.05) is 12.4 Å². The van der Waals surface area contributed by atoms with Crippen LogP contribution in [0.3, 0.4) is 0 Å². The summed E-state index contributed by atoms with van der Waals surface area (Å²) in [4.78, 5) is 4.37. The molecule has 2 nitrogen and oxygen atoms in total. The Morgan fingerprint density at radius 1 is 0.950 bits per heavy atom. The van der Waals surface area contributed by atoms with Crippen molar-refractivity contribution in [1.29, 1.82) is 0 Å². The van der Waals surface area contributed by atoms with Crippen LogP contribution in [0.2, 0.25) is 0 Å². The van der Waals surface area contributed by atoms with Crippen molar-refractivity contribution < 1.29 is 0 Å². The first-order valence-corrected chi connectivity index (χ1v) is 7.98. The number of hydrogen-bond acceptors (Lipinski definition) is 2. The highest BCUT2D eigenvalue weighted by molar-refractivity contribution is 5.84. The third kappa shape index (κ3) is 3.37. The second kappa shape index (κ2) is 6.85. The van der Waals surface area contributed by atoms with E-state index in [2.05, 4.69) is 34.6 Å². The van der Waals surface area contributed by atoms with Gasteiger partial charge in [-0.15, -0.1) is 0 Å². The zero-order chi connectivity index (χ0) is 13.6. The van der Waals surface area contributed by atoms with Gasteiger partial charge < -0.3 is 5.32 Å². The summed E-state index contributed by atoms with van der Waals surface area (Å²) >= 11 is 0. The molecule has 20 heavy (non-hydrogen) atoms. The van der Waals surface area contributed by atoms with E-state index in [1.165, 1.54) is 61.3 Å². The third-order valence-corrected chi connectivity index (χ3v) is 4.44. The van der Waals surface area contributed by atoms with Crippen LogP contribution in [0.1, 0.15) is 50.5 Å². The number of fused-ring (bicyclic) bond motifs is 1. The highest BCUT2D eigenvalue weighted by atomic mass is 14.9. The first-order chi connectivity index (χ1) is 9.93. The molecule has 0 atom stereocenters. The number of nitrogens with zero attached hydrogens (tertiary/aromatic N) is 1. The van der Waals surface area contributed by atoms with E-state index in [1.54, 1.807) is 0 Å². The van der Waals surface area contributed by atoms with E-state index in [4.69, 9.17) is 0 Å². The maximum absolute atomic E-state index is 4.37. The standard InChI is InChI=1S/C18H24N2/c1-2-4-9-17(10-5-3-1)20-14-16-13-19-12-15-8-6-7-11-18(15)16/h6-8,11-13,17,20H,1-5,9-10,14H2. The van der Waals surface area contributed by atoms with Gasteiger partial charge in [-0.2, -0.15) is 0 Å². The zero-order valence-corrected chi connectivity index (χ0v) is 12.1. The Bertz CT molecular complexity index is 537. The highest BCUT2D eigenvalue weighted by Gasteiger charge is 2.11. The van der Waals surface area contributed by atoms with Gasteiger partial charge in [0.1, 0.15) is 0 Å². The summed E-state index contributed by atoms with van der Waals surface area (Å²) in [5, 5.41) is 6.33. The van der Waals surface area contributed by atoms with Crippen molar-refractivity contribution in [2.45, 2.75) is 57.5 Å². The van der Waals surface area contributed by atoms with Crippen molar-refractivity contribution in [2.75, 3.05) is 0 Å². The van der Waals surface area contributed by atoms with Gasteiger partial charge >= 0.3 is 0 Å². The van der Waals surface area contributed by atoms with Crippen LogP contribution in [0.15, 0.2) is 36.7 Å². The van der Waals surface area contributed by atoms with Crippen molar-refractivity contribution in [3.8, 4) is 0 Å². The number of hydrogen-bond donors (Lipinski definition) is 1. The number of pyridine rings is 1. The molecule has 0 bridgehead atoms. The number of aromatic nitrogens is 1. The molecule has 0 aliphatic heterocycles. The Morgan fingerprint density at radius 2 is 1.70 bits per heavy atom. The van der Waals surface area contributed by atoms with Crippen LogP contribution in [0.4, 0.5) is 0 Å². The summed E-state index contributed by atoms with van der Waals surface area (Å²) in [7, 11) is 0. The fourth-order valence-electron chi connectivity index (χ4n) is 3.23. The zero-order valence-electron chi connectivity index (χ0n) is 12.1. The minimum Gasteiger partial charge on any atom is -0.310 e. The van der Waals surface area contributed by atoms with Gasteiger partial charge in [0.05, 0.1) is 0 Å². The van der Waals surface area contributed by atoms with E-state index >= 15 is 0 Å². The molecule has 3 rings (SSSR count). The van der Waals surface area contributed by atoms with Crippen molar-refractivity contribution >= 4 is 10.8 Å². The quantitative estimate of drug-likeness (QED) is 0.890. The predicted octanol–water partition coefficient (Wildman–Crippen LogP) is 4.44. The SMILES string of the molecule is c1ccc2c(CNC3CCCCCCC3)cncc2c1. The van der Waals surface area contributed by atoms with Crippen LogP contribution in [0.5, 0.6) is 0 Å². The Hall–Kier alpha value is -1.41. The Morgan fingerprint density at radius 3 is 2.55 bits per heavy atom. The van der Waals surface area contributed by atoms with E-state index < -0.39 is 0 Å². The normalized spacial score (nSPS) is 17.8. The fourth-order valence-corrected chi connectivity index (χ4v) is 3.23. The van der Waals surface area contributed by atoms with E-state index in [0.29, 0.717) is 6.04 Å². The van der Waals surface area contributed by atoms with Crippen molar-refractivity contribution in [1.82, 2.24) is 10.3 Å². The first-order valence-electron chi connectivity index (χ1n) is 7.98. The average Bonchev–Trinajstić information content (AvgIpc) is 2.46. The van der Waals surface area contributed by atoms with Gasteiger partial charge in [-0.05, 0) is 23.8 Å². The maximum atomic E-state index is 4.37. The van der Waals surface area contributed by atoms with Crippen LogP contribution in [-0.4, -0.2) is 11.0 Å². The fraction of sp³-hybridized carbons (Fsp3) is 0.500. The molecule has 2 heteroatoms. The molecular formula is C18H24N2. The van der Waals surface area contributed by atoms with Crippen LogP contribution in [0.25, 0.3) is 10.8 Å². The van der Waals surface area contributed by atoms with Gasteiger partial charge in [-0.3, -0.25) is 4.98 Å². The summed E-state index contributed by atoms with van der Waals surface area (Å²) in [5.74, 6) is 0. The van der Waals surface area contributed by atoms with Gasteiger partial charge in [-0.25, -0.2) is 0 Å². The molecule has 0 amide bonds. The molecule has 2 aromatic rings. The van der Waals surface area contributed by atoms with Crippen molar-refractivity contribution in [3.63, 3.8) is 0 Å². The maximum Gasteiger partial charge on any atom is 0.0346 e. The molecule has 0 unspecified atom stereocenters. The molecule has 0 saturated heterocycles. The molecule has 1 aliphatic rings. The van der Waals surface area contributed by atoms with E-state index in [9.17, 15) is 0 Å². The summed E-state index contributed by atoms with van der Waals surface area (Å²) < 4.78 is 0. The average molecular weight is 268 g/mol. The molecule has 1 aromatic heterocycles. The molecule has 1 N–H and O–H groups in total. The van der Waals surface area contributed by atoms with Crippen molar-refractivity contribution in [2.24, 2.45) is 0 Å². The molecule has 1 fully saturated rings. The lowest BCUT2D eigenvalue weighted by Gasteiger charge is -2.21. The number of rotatable bonds is 3. The first kappa shape index (κ1) is 13.6. The topological polar surface area (TPSA) is 24.9 Å². The van der Waals surface area contributed by atoms with Crippen LogP contribution < -0.4 is 5.32 Å².